The van der Waals surface area contributed by atoms with Gasteiger partial charge in [0.2, 0.25) is 0 Å². The van der Waals surface area contributed by atoms with E-state index in [1.54, 1.807) is 6.92 Å². The smallest absolute Gasteiger partial charge is 0.336 e. The Kier molecular flexibility index (Phi) is 2.12. The Morgan fingerprint density at radius 3 is 2.69 bits per heavy atom. The van der Waals surface area contributed by atoms with Crippen LogP contribution >= 0.6 is 0 Å². The number of hydrogen-bond donors (Lipinski definition) is 1. The van der Waals surface area contributed by atoms with E-state index in [4.69, 9.17) is 4.42 Å². The summed E-state index contributed by atoms with van der Waals surface area (Å²) in [6.07, 6.45) is 0. The predicted octanol–water partition coefficient (Wildman–Crippen LogP) is 1.72. The number of benzene rings is 1. The van der Waals surface area contributed by atoms with Crippen molar-refractivity contribution in [2.24, 2.45) is 0 Å². The molecule has 0 aliphatic heterocycles. The summed E-state index contributed by atoms with van der Waals surface area (Å²) >= 11 is 0. The molecule has 16 heavy (non-hydrogen) atoms. The van der Waals surface area contributed by atoms with E-state index < -0.39 is 22.0 Å². The summed E-state index contributed by atoms with van der Waals surface area (Å²) in [5, 5.41) is 20.4. The number of rotatable bonds is 1. The highest BCUT2D eigenvalue weighted by molar-refractivity contribution is 5.84. The summed E-state index contributed by atoms with van der Waals surface area (Å²) < 4.78 is 4.82. The number of phenolic OH excluding ortho intramolecular Hbond substituents is 1. The molecular weight excluding hydrogens is 214 g/mol. The van der Waals surface area contributed by atoms with Gasteiger partial charge in [0.05, 0.1) is 11.0 Å². The average molecular weight is 221 g/mol. The maximum atomic E-state index is 11.1. The van der Waals surface area contributed by atoms with E-state index in [1.807, 2.05) is 0 Å². The fourth-order valence-electron chi connectivity index (χ4n) is 1.49. The highest BCUT2D eigenvalue weighted by Gasteiger charge is 2.16. The van der Waals surface area contributed by atoms with Gasteiger partial charge in [-0.15, -0.1) is 0 Å². The zero-order valence-electron chi connectivity index (χ0n) is 8.26. The summed E-state index contributed by atoms with van der Waals surface area (Å²) in [6.45, 7) is 1.66. The summed E-state index contributed by atoms with van der Waals surface area (Å²) in [4.78, 5) is 20.9. The number of aryl methyl sites for hydroxylation is 1. The van der Waals surface area contributed by atoms with Crippen LogP contribution in [0.1, 0.15) is 5.56 Å². The van der Waals surface area contributed by atoms with Crippen LogP contribution in [0.5, 0.6) is 5.75 Å². The van der Waals surface area contributed by atoms with Crippen LogP contribution in [0.25, 0.3) is 11.0 Å². The van der Waals surface area contributed by atoms with Crippen molar-refractivity contribution >= 4 is 16.7 Å². The second kappa shape index (κ2) is 3.34. The molecule has 0 radical (unpaired) electrons. The molecule has 6 nitrogen and oxygen atoms in total. The van der Waals surface area contributed by atoms with Crippen LogP contribution in [0.2, 0.25) is 0 Å². The van der Waals surface area contributed by atoms with Crippen molar-refractivity contribution in [1.29, 1.82) is 0 Å². The largest absolute Gasteiger partial charge is 0.502 e. The molecule has 82 valence electrons. The Morgan fingerprint density at radius 2 is 2.06 bits per heavy atom. The Morgan fingerprint density at radius 1 is 1.38 bits per heavy atom. The van der Waals surface area contributed by atoms with E-state index in [0.717, 1.165) is 6.07 Å². The van der Waals surface area contributed by atoms with Gasteiger partial charge >= 0.3 is 11.3 Å². The highest BCUT2D eigenvalue weighted by atomic mass is 16.6. The van der Waals surface area contributed by atoms with Crippen LogP contribution in [0.4, 0.5) is 5.69 Å². The first-order chi connectivity index (χ1) is 7.49. The molecule has 0 aliphatic carbocycles. The monoisotopic (exact) mass is 221 g/mol. The topological polar surface area (TPSA) is 93.6 Å². The minimum Gasteiger partial charge on any atom is -0.502 e. The fourth-order valence-corrected chi connectivity index (χ4v) is 1.49. The van der Waals surface area contributed by atoms with E-state index in [0.29, 0.717) is 10.9 Å². The molecular formula is C10H7NO5. The highest BCUT2D eigenvalue weighted by Crippen LogP contribution is 2.31. The van der Waals surface area contributed by atoms with E-state index in [2.05, 4.69) is 0 Å². The third-order valence-electron chi connectivity index (χ3n) is 2.24. The maximum Gasteiger partial charge on any atom is 0.336 e. The lowest BCUT2D eigenvalue weighted by atomic mass is 10.1. The molecule has 1 aromatic carbocycles. The zero-order valence-corrected chi connectivity index (χ0v) is 8.26. The van der Waals surface area contributed by atoms with Crippen molar-refractivity contribution < 1.29 is 14.4 Å². The molecule has 0 fully saturated rings. The molecule has 2 aromatic rings. The van der Waals surface area contributed by atoms with Crippen molar-refractivity contribution in [2.45, 2.75) is 6.92 Å². The number of nitro benzene ring substituents is 1. The number of fused-ring (bicyclic) bond motifs is 1. The lowest BCUT2D eigenvalue weighted by Crippen LogP contribution is -1.98. The molecule has 0 saturated carbocycles. The zero-order chi connectivity index (χ0) is 11.9. The van der Waals surface area contributed by atoms with Gasteiger partial charge in [-0.25, -0.2) is 4.79 Å². The molecule has 6 heteroatoms. The van der Waals surface area contributed by atoms with Crippen LogP contribution in [-0.4, -0.2) is 10.0 Å². The summed E-state index contributed by atoms with van der Waals surface area (Å²) in [5.41, 5.74) is -0.378. The number of nitrogens with zero attached hydrogens (tertiary/aromatic N) is 1. The molecule has 1 heterocycles. The van der Waals surface area contributed by atoms with Gasteiger partial charge < -0.3 is 9.52 Å². The number of nitro groups is 1. The minimum absolute atomic E-state index is 0.0921. The Balaban J connectivity index is 2.89. The second-order valence-corrected chi connectivity index (χ2v) is 3.34. The Hall–Kier alpha value is -2.37. The lowest BCUT2D eigenvalue weighted by molar-refractivity contribution is -0.385. The van der Waals surface area contributed by atoms with E-state index in [1.165, 1.54) is 12.1 Å². The van der Waals surface area contributed by atoms with Crippen molar-refractivity contribution in [3.8, 4) is 5.75 Å². The van der Waals surface area contributed by atoms with Crippen molar-refractivity contribution in [3.05, 3.63) is 44.3 Å². The first-order valence-electron chi connectivity index (χ1n) is 4.41. The third kappa shape index (κ3) is 1.50. The Labute approximate surface area is 88.9 Å². The normalized spacial score (nSPS) is 10.6. The van der Waals surface area contributed by atoms with Crippen LogP contribution in [0.3, 0.4) is 0 Å². The molecule has 1 N–H and O–H groups in total. The lowest BCUT2D eigenvalue weighted by Gasteiger charge is -2.01. The van der Waals surface area contributed by atoms with Crippen LogP contribution in [0.15, 0.2) is 27.4 Å². The van der Waals surface area contributed by atoms with E-state index in [9.17, 15) is 20.0 Å². The van der Waals surface area contributed by atoms with Crippen molar-refractivity contribution in [3.63, 3.8) is 0 Å². The molecule has 0 aliphatic rings. The van der Waals surface area contributed by atoms with Gasteiger partial charge in [-0.3, -0.25) is 10.1 Å². The molecule has 0 saturated heterocycles. The standard InChI is InChI=1S/C10H7NO5/c1-5-2-10(13)16-9-4-7(11(14)15)8(12)3-6(5)9/h2-4,12H,1H3. The van der Waals surface area contributed by atoms with E-state index in [-0.39, 0.29) is 5.58 Å². The first kappa shape index (κ1) is 10.2. The maximum absolute atomic E-state index is 11.1. The quantitative estimate of drug-likeness (QED) is 0.449. The molecule has 0 spiro atoms. The van der Waals surface area contributed by atoms with Gasteiger partial charge in [-0.2, -0.15) is 0 Å². The van der Waals surface area contributed by atoms with Crippen LogP contribution < -0.4 is 5.63 Å². The van der Waals surface area contributed by atoms with Gasteiger partial charge in [0, 0.05) is 11.5 Å². The van der Waals surface area contributed by atoms with Gasteiger partial charge in [-0.05, 0) is 18.6 Å². The molecule has 0 amide bonds. The van der Waals surface area contributed by atoms with Crippen LogP contribution in [-0.2, 0) is 0 Å². The Bertz CT molecular complexity index is 643. The summed E-state index contributed by atoms with van der Waals surface area (Å²) in [5.74, 6) is -0.450. The van der Waals surface area contributed by atoms with Crippen molar-refractivity contribution in [2.75, 3.05) is 0 Å². The molecule has 0 atom stereocenters. The molecule has 0 bridgehead atoms. The molecule has 1 aromatic heterocycles. The number of aromatic hydroxyl groups is 1. The predicted molar refractivity (Wildman–Crippen MR) is 55.5 cm³/mol. The summed E-state index contributed by atoms with van der Waals surface area (Å²) in [6, 6.07) is 3.51. The number of hydrogen-bond acceptors (Lipinski definition) is 5. The van der Waals surface area contributed by atoms with Gasteiger partial charge in [0.15, 0.2) is 5.75 Å². The average Bonchev–Trinajstić information content (AvgIpc) is 2.18. The summed E-state index contributed by atoms with van der Waals surface area (Å²) in [7, 11) is 0. The second-order valence-electron chi connectivity index (χ2n) is 3.34. The first-order valence-corrected chi connectivity index (χ1v) is 4.41. The molecule has 0 unspecified atom stereocenters. The fraction of sp³-hybridized carbons (Fsp3) is 0.100. The van der Waals surface area contributed by atoms with Gasteiger partial charge in [-0.1, -0.05) is 0 Å². The third-order valence-corrected chi connectivity index (χ3v) is 2.24. The SMILES string of the molecule is Cc1cc(=O)oc2cc([N+](=O)[O-])c(O)cc12. The minimum atomic E-state index is -0.739. The van der Waals surface area contributed by atoms with Gasteiger partial charge in [0.1, 0.15) is 5.58 Å². The molecule has 2 rings (SSSR count). The van der Waals surface area contributed by atoms with Crippen LogP contribution in [0, 0.1) is 17.0 Å². The van der Waals surface area contributed by atoms with Gasteiger partial charge in [0.25, 0.3) is 0 Å². The van der Waals surface area contributed by atoms with E-state index >= 15 is 0 Å². The number of phenols is 1. The van der Waals surface area contributed by atoms with Crippen molar-refractivity contribution in [1.82, 2.24) is 0 Å².